The van der Waals surface area contributed by atoms with E-state index in [0.29, 0.717) is 6.54 Å². The Kier molecular flexibility index (Phi) is 3.68. The van der Waals surface area contributed by atoms with Crippen LogP contribution in [0.5, 0.6) is 0 Å². The lowest BCUT2D eigenvalue weighted by molar-refractivity contribution is -0.138. The molecule has 0 N–H and O–H groups in total. The van der Waals surface area contributed by atoms with Crippen LogP contribution >= 0.6 is 0 Å². The quantitative estimate of drug-likeness (QED) is 0.755. The number of benzene rings is 1. The first-order valence-electron chi connectivity index (χ1n) is 5.31. The maximum atomic E-state index is 12.9. The summed E-state index contributed by atoms with van der Waals surface area (Å²) < 4.78 is 12.9. The number of nitrogens with zero attached hydrogens (tertiary/aromatic N) is 1. The van der Waals surface area contributed by atoms with E-state index in [4.69, 9.17) is 0 Å². The standard InChI is InChI=1S/C13H18FNO/c1-13(2,3)12(16)15(4)9-10-6-5-7-11(14)8-10/h5-8H,9H2,1-4H3. The first-order valence-corrected chi connectivity index (χ1v) is 5.31. The monoisotopic (exact) mass is 223 g/mol. The van der Waals surface area contributed by atoms with Crippen LogP contribution in [0.3, 0.4) is 0 Å². The van der Waals surface area contributed by atoms with Crippen molar-refractivity contribution in [2.75, 3.05) is 7.05 Å². The molecule has 0 heterocycles. The number of hydrogen-bond donors (Lipinski definition) is 0. The molecule has 88 valence electrons. The lowest BCUT2D eigenvalue weighted by Gasteiger charge is -2.26. The Hall–Kier alpha value is -1.38. The summed E-state index contributed by atoms with van der Waals surface area (Å²) in [5.74, 6) is -0.217. The SMILES string of the molecule is CN(Cc1cccc(F)c1)C(=O)C(C)(C)C. The van der Waals surface area contributed by atoms with Gasteiger partial charge in [0.05, 0.1) is 0 Å². The topological polar surface area (TPSA) is 20.3 Å². The third kappa shape index (κ3) is 3.33. The molecule has 0 bridgehead atoms. The van der Waals surface area contributed by atoms with Crippen molar-refractivity contribution in [3.05, 3.63) is 35.6 Å². The molecule has 1 aromatic carbocycles. The Morgan fingerprint density at radius 1 is 1.38 bits per heavy atom. The predicted molar refractivity (Wildman–Crippen MR) is 62.3 cm³/mol. The van der Waals surface area contributed by atoms with Crippen molar-refractivity contribution in [2.45, 2.75) is 27.3 Å². The Labute approximate surface area is 96.1 Å². The van der Waals surface area contributed by atoms with Crippen LogP contribution in [0.25, 0.3) is 0 Å². The molecule has 0 radical (unpaired) electrons. The van der Waals surface area contributed by atoms with Crippen LogP contribution in [0.4, 0.5) is 4.39 Å². The number of rotatable bonds is 2. The number of amides is 1. The molecule has 0 saturated carbocycles. The zero-order valence-electron chi connectivity index (χ0n) is 10.2. The fraction of sp³-hybridized carbons (Fsp3) is 0.462. The van der Waals surface area contributed by atoms with E-state index in [-0.39, 0.29) is 11.7 Å². The molecule has 0 unspecified atom stereocenters. The minimum absolute atomic E-state index is 0.0526. The molecule has 0 aromatic heterocycles. The van der Waals surface area contributed by atoms with E-state index in [2.05, 4.69) is 0 Å². The Bertz CT molecular complexity index is 382. The van der Waals surface area contributed by atoms with Gasteiger partial charge in [-0.15, -0.1) is 0 Å². The van der Waals surface area contributed by atoms with Gasteiger partial charge in [-0.05, 0) is 17.7 Å². The van der Waals surface area contributed by atoms with Crippen molar-refractivity contribution >= 4 is 5.91 Å². The molecule has 0 aliphatic carbocycles. The average molecular weight is 223 g/mol. The van der Waals surface area contributed by atoms with Gasteiger partial charge in [-0.2, -0.15) is 0 Å². The van der Waals surface area contributed by atoms with E-state index in [1.165, 1.54) is 12.1 Å². The van der Waals surface area contributed by atoms with Gasteiger partial charge in [0, 0.05) is 19.0 Å². The molecule has 0 aliphatic rings. The maximum absolute atomic E-state index is 12.9. The van der Waals surface area contributed by atoms with Gasteiger partial charge < -0.3 is 4.90 Å². The van der Waals surface area contributed by atoms with Crippen LogP contribution < -0.4 is 0 Å². The fourth-order valence-electron chi connectivity index (χ4n) is 1.55. The lowest BCUT2D eigenvalue weighted by atomic mass is 9.95. The third-order valence-electron chi connectivity index (χ3n) is 2.30. The largest absolute Gasteiger partial charge is 0.341 e. The summed E-state index contributed by atoms with van der Waals surface area (Å²) >= 11 is 0. The minimum Gasteiger partial charge on any atom is -0.341 e. The van der Waals surface area contributed by atoms with Crippen molar-refractivity contribution < 1.29 is 9.18 Å². The van der Waals surface area contributed by atoms with Crippen molar-refractivity contribution in [1.29, 1.82) is 0 Å². The summed E-state index contributed by atoms with van der Waals surface area (Å²) in [7, 11) is 1.73. The number of carbonyl (C=O) groups excluding carboxylic acids is 1. The summed E-state index contributed by atoms with van der Waals surface area (Å²) in [5, 5.41) is 0. The first-order chi connectivity index (χ1) is 7.30. The molecule has 16 heavy (non-hydrogen) atoms. The second-order valence-electron chi connectivity index (χ2n) is 5.04. The van der Waals surface area contributed by atoms with E-state index < -0.39 is 5.41 Å². The van der Waals surface area contributed by atoms with Crippen LogP contribution in [-0.4, -0.2) is 17.9 Å². The second-order valence-corrected chi connectivity index (χ2v) is 5.04. The predicted octanol–water partition coefficient (Wildman–Crippen LogP) is 2.83. The number of hydrogen-bond acceptors (Lipinski definition) is 1. The average Bonchev–Trinajstić information content (AvgIpc) is 2.15. The van der Waals surface area contributed by atoms with E-state index in [0.717, 1.165) is 5.56 Å². The molecule has 0 saturated heterocycles. The third-order valence-corrected chi connectivity index (χ3v) is 2.30. The summed E-state index contributed by atoms with van der Waals surface area (Å²) in [5.41, 5.74) is 0.405. The van der Waals surface area contributed by atoms with Crippen molar-refractivity contribution in [1.82, 2.24) is 4.90 Å². The molecule has 1 aromatic rings. The molecule has 0 aliphatic heterocycles. The summed E-state index contributed by atoms with van der Waals surface area (Å²) in [6.07, 6.45) is 0. The van der Waals surface area contributed by atoms with Crippen LogP contribution in [0, 0.1) is 11.2 Å². The Balaban J connectivity index is 2.72. The van der Waals surface area contributed by atoms with Gasteiger partial charge in [0.2, 0.25) is 5.91 Å². The lowest BCUT2D eigenvalue weighted by Crippen LogP contribution is -2.36. The van der Waals surface area contributed by atoms with E-state index >= 15 is 0 Å². The number of carbonyl (C=O) groups is 1. The fourth-order valence-corrected chi connectivity index (χ4v) is 1.55. The van der Waals surface area contributed by atoms with Crippen molar-refractivity contribution in [2.24, 2.45) is 5.41 Å². The molecule has 0 fully saturated rings. The van der Waals surface area contributed by atoms with Gasteiger partial charge in [0.15, 0.2) is 0 Å². The van der Waals surface area contributed by atoms with Gasteiger partial charge in [-0.1, -0.05) is 32.9 Å². The summed E-state index contributed by atoms with van der Waals surface area (Å²) in [4.78, 5) is 13.5. The van der Waals surface area contributed by atoms with Gasteiger partial charge in [-0.3, -0.25) is 4.79 Å². The molecule has 0 spiro atoms. The highest BCUT2D eigenvalue weighted by Crippen LogP contribution is 2.18. The molecule has 1 rings (SSSR count). The van der Waals surface area contributed by atoms with Crippen LogP contribution in [0.1, 0.15) is 26.3 Å². The van der Waals surface area contributed by atoms with Crippen LogP contribution in [0.15, 0.2) is 24.3 Å². The Morgan fingerprint density at radius 3 is 2.50 bits per heavy atom. The van der Waals surface area contributed by atoms with E-state index in [9.17, 15) is 9.18 Å². The summed E-state index contributed by atoms with van der Waals surface area (Å²) in [6, 6.07) is 6.32. The normalized spacial score (nSPS) is 11.3. The van der Waals surface area contributed by atoms with Gasteiger partial charge >= 0.3 is 0 Å². The molecule has 0 atom stereocenters. The zero-order valence-corrected chi connectivity index (χ0v) is 10.2. The van der Waals surface area contributed by atoms with Gasteiger partial charge in [-0.25, -0.2) is 4.39 Å². The van der Waals surface area contributed by atoms with Crippen molar-refractivity contribution in [3.8, 4) is 0 Å². The molecule has 2 nitrogen and oxygen atoms in total. The molecule has 3 heteroatoms. The van der Waals surface area contributed by atoms with Crippen LogP contribution in [-0.2, 0) is 11.3 Å². The van der Waals surface area contributed by atoms with Crippen LogP contribution in [0.2, 0.25) is 0 Å². The molecule has 1 amide bonds. The van der Waals surface area contributed by atoms with Gasteiger partial charge in [0.25, 0.3) is 0 Å². The van der Waals surface area contributed by atoms with E-state index in [1.54, 1.807) is 18.0 Å². The highest BCUT2D eigenvalue weighted by molar-refractivity contribution is 5.81. The number of halogens is 1. The van der Waals surface area contributed by atoms with Gasteiger partial charge in [0.1, 0.15) is 5.82 Å². The maximum Gasteiger partial charge on any atom is 0.227 e. The Morgan fingerprint density at radius 2 is 2.00 bits per heavy atom. The summed E-state index contributed by atoms with van der Waals surface area (Å²) in [6.45, 7) is 6.06. The molecular formula is C13H18FNO. The molecular weight excluding hydrogens is 205 g/mol. The van der Waals surface area contributed by atoms with Crippen molar-refractivity contribution in [3.63, 3.8) is 0 Å². The zero-order chi connectivity index (χ0) is 12.3. The highest BCUT2D eigenvalue weighted by Gasteiger charge is 2.24. The highest BCUT2D eigenvalue weighted by atomic mass is 19.1. The van der Waals surface area contributed by atoms with E-state index in [1.807, 2.05) is 26.8 Å². The first kappa shape index (κ1) is 12.7. The second kappa shape index (κ2) is 4.64. The smallest absolute Gasteiger partial charge is 0.227 e. The minimum atomic E-state index is -0.401.